The molecule has 0 saturated heterocycles. The monoisotopic (exact) mass is 368 g/mol. The third-order valence-electron chi connectivity index (χ3n) is 3.90. The Morgan fingerprint density at radius 1 is 0.900 bits per heavy atom. The molecular weight excluding hydrogens is 355 g/mol. The first-order valence-corrected chi connectivity index (χ1v) is 8.53. The number of hydrogen-bond acceptors (Lipinski definition) is 0. The van der Waals surface area contributed by atoms with Crippen LogP contribution in [0.1, 0.15) is 39.9 Å². The Morgan fingerprint density at radius 2 is 1.65 bits per heavy atom. The molecule has 2 aromatic rings. The number of hydrogen-bond donors (Lipinski definition) is 0. The van der Waals surface area contributed by atoms with E-state index in [2.05, 4.69) is 34.1 Å². The zero-order chi connectivity index (χ0) is 14.1. The normalized spacial score (nSPS) is 15.8. The fourth-order valence-corrected chi connectivity index (χ4v) is 4.00. The highest BCUT2D eigenvalue weighted by molar-refractivity contribution is 9.09. The summed E-state index contributed by atoms with van der Waals surface area (Å²) in [6.45, 7) is 0. The Bertz CT molecular complexity index is 637. The SMILES string of the molecule is Clc1ccc(Cl)c(C(Br)c2ccc3c(c2)CCCC3)c1. The molecule has 3 rings (SSSR count). The summed E-state index contributed by atoms with van der Waals surface area (Å²) in [6.07, 6.45) is 5.00. The molecular formula is C17H15BrCl2. The highest BCUT2D eigenvalue weighted by Gasteiger charge is 2.17. The Kier molecular flexibility index (Phi) is 4.40. The van der Waals surface area contributed by atoms with Gasteiger partial charge in [-0.2, -0.15) is 0 Å². The van der Waals surface area contributed by atoms with Crippen LogP contribution in [0.15, 0.2) is 36.4 Å². The van der Waals surface area contributed by atoms with Crippen molar-refractivity contribution >= 4 is 39.1 Å². The molecule has 0 radical (unpaired) electrons. The standard InChI is InChI=1S/C17H15BrCl2/c18-17(15-10-14(19)7-8-16(15)20)13-6-5-11-3-1-2-4-12(11)9-13/h5-10,17H,1-4H2. The van der Waals surface area contributed by atoms with Gasteiger partial charge in [-0.25, -0.2) is 0 Å². The summed E-state index contributed by atoms with van der Waals surface area (Å²) in [5.74, 6) is 0. The van der Waals surface area contributed by atoms with E-state index in [0.717, 1.165) is 10.6 Å². The predicted octanol–water partition coefficient (Wildman–Crippen LogP) is 6.36. The molecule has 0 N–H and O–H groups in total. The van der Waals surface area contributed by atoms with Gasteiger partial charge in [-0.3, -0.25) is 0 Å². The molecule has 20 heavy (non-hydrogen) atoms. The molecule has 104 valence electrons. The number of fused-ring (bicyclic) bond motifs is 1. The highest BCUT2D eigenvalue weighted by atomic mass is 79.9. The van der Waals surface area contributed by atoms with Crippen molar-refractivity contribution in [1.29, 1.82) is 0 Å². The lowest BCUT2D eigenvalue weighted by atomic mass is 9.89. The third kappa shape index (κ3) is 2.90. The summed E-state index contributed by atoms with van der Waals surface area (Å²) >= 11 is 16.1. The van der Waals surface area contributed by atoms with Crippen LogP contribution in [-0.4, -0.2) is 0 Å². The lowest BCUT2D eigenvalue weighted by molar-refractivity contribution is 0.684. The molecule has 0 aliphatic heterocycles. The van der Waals surface area contributed by atoms with Gasteiger partial charge in [-0.15, -0.1) is 0 Å². The van der Waals surface area contributed by atoms with E-state index >= 15 is 0 Å². The average Bonchev–Trinajstić information content (AvgIpc) is 2.48. The smallest absolute Gasteiger partial charge is 0.0659 e. The summed E-state index contributed by atoms with van der Waals surface area (Å²) < 4.78 is 0. The molecule has 0 fully saturated rings. The number of halogens is 3. The van der Waals surface area contributed by atoms with E-state index in [4.69, 9.17) is 23.2 Å². The third-order valence-corrected chi connectivity index (χ3v) is 5.50. The van der Waals surface area contributed by atoms with Crippen LogP contribution < -0.4 is 0 Å². The molecule has 1 aliphatic rings. The quantitative estimate of drug-likeness (QED) is 0.540. The summed E-state index contributed by atoms with van der Waals surface area (Å²) in [7, 11) is 0. The second kappa shape index (κ2) is 6.09. The minimum atomic E-state index is 0.0842. The Balaban J connectivity index is 1.97. The van der Waals surface area contributed by atoms with Crippen LogP contribution in [0.25, 0.3) is 0 Å². The minimum Gasteiger partial charge on any atom is -0.0843 e. The Hall–Kier alpha value is -0.500. The van der Waals surface area contributed by atoms with E-state index in [1.807, 2.05) is 18.2 Å². The van der Waals surface area contributed by atoms with E-state index in [1.54, 1.807) is 0 Å². The van der Waals surface area contributed by atoms with Gasteiger partial charge in [0.1, 0.15) is 0 Å². The van der Waals surface area contributed by atoms with Gasteiger partial charge >= 0.3 is 0 Å². The zero-order valence-corrected chi connectivity index (χ0v) is 14.1. The van der Waals surface area contributed by atoms with Gasteiger partial charge in [0, 0.05) is 10.0 Å². The molecule has 3 heteroatoms. The highest BCUT2D eigenvalue weighted by Crippen LogP contribution is 2.38. The van der Waals surface area contributed by atoms with Crippen LogP contribution in [0.4, 0.5) is 0 Å². The summed E-state index contributed by atoms with van der Waals surface area (Å²) in [4.78, 5) is 0.0842. The minimum absolute atomic E-state index is 0.0842. The second-order valence-electron chi connectivity index (χ2n) is 5.26. The first kappa shape index (κ1) is 14.4. The van der Waals surface area contributed by atoms with Crippen LogP contribution in [0, 0.1) is 0 Å². The first-order valence-electron chi connectivity index (χ1n) is 6.86. The van der Waals surface area contributed by atoms with E-state index in [-0.39, 0.29) is 4.83 Å². The van der Waals surface area contributed by atoms with Gasteiger partial charge in [-0.1, -0.05) is 57.3 Å². The largest absolute Gasteiger partial charge is 0.0843 e. The van der Waals surface area contributed by atoms with E-state index in [0.29, 0.717) is 5.02 Å². The van der Waals surface area contributed by atoms with Crippen molar-refractivity contribution < 1.29 is 0 Å². The molecule has 1 unspecified atom stereocenters. The van der Waals surface area contributed by atoms with Crippen molar-refractivity contribution in [3.8, 4) is 0 Å². The summed E-state index contributed by atoms with van der Waals surface area (Å²) in [5.41, 5.74) is 5.25. The fourth-order valence-electron chi connectivity index (χ4n) is 2.80. The van der Waals surface area contributed by atoms with Gasteiger partial charge in [0.2, 0.25) is 0 Å². The summed E-state index contributed by atoms with van der Waals surface area (Å²) in [6, 6.07) is 12.4. The number of rotatable bonds is 2. The van der Waals surface area contributed by atoms with Crippen LogP contribution in [0.3, 0.4) is 0 Å². The van der Waals surface area contributed by atoms with Crippen molar-refractivity contribution in [3.05, 3.63) is 68.7 Å². The molecule has 2 aromatic carbocycles. The summed E-state index contributed by atoms with van der Waals surface area (Å²) in [5, 5.41) is 1.46. The van der Waals surface area contributed by atoms with E-state index < -0.39 is 0 Å². The van der Waals surface area contributed by atoms with Crippen molar-refractivity contribution in [2.45, 2.75) is 30.5 Å². The van der Waals surface area contributed by atoms with Gasteiger partial charge in [-0.05, 0) is 66.1 Å². The number of aryl methyl sites for hydroxylation is 2. The molecule has 0 amide bonds. The van der Waals surface area contributed by atoms with Crippen molar-refractivity contribution in [1.82, 2.24) is 0 Å². The van der Waals surface area contributed by atoms with Crippen LogP contribution in [0.2, 0.25) is 10.0 Å². The Morgan fingerprint density at radius 3 is 2.45 bits per heavy atom. The van der Waals surface area contributed by atoms with Crippen molar-refractivity contribution in [3.63, 3.8) is 0 Å². The van der Waals surface area contributed by atoms with Crippen molar-refractivity contribution in [2.75, 3.05) is 0 Å². The van der Waals surface area contributed by atoms with Gasteiger partial charge in [0.25, 0.3) is 0 Å². The number of alkyl halides is 1. The van der Waals surface area contributed by atoms with Crippen LogP contribution in [0.5, 0.6) is 0 Å². The molecule has 0 saturated carbocycles. The lowest BCUT2D eigenvalue weighted by Gasteiger charge is -2.19. The first-order chi connectivity index (χ1) is 9.65. The predicted molar refractivity (Wildman–Crippen MR) is 90.3 cm³/mol. The van der Waals surface area contributed by atoms with E-state index in [1.165, 1.54) is 42.4 Å². The van der Waals surface area contributed by atoms with Gasteiger partial charge < -0.3 is 0 Å². The maximum Gasteiger partial charge on any atom is 0.0659 e. The van der Waals surface area contributed by atoms with Crippen molar-refractivity contribution in [2.24, 2.45) is 0 Å². The van der Waals surface area contributed by atoms with E-state index in [9.17, 15) is 0 Å². The zero-order valence-electron chi connectivity index (χ0n) is 11.0. The van der Waals surface area contributed by atoms with Crippen LogP contribution >= 0.6 is 39.1 Å². The fraction of sp³-hybridized carbons (Fsp3) is 0.294. The van der Waals surface area contributed by atoms with Gasteiger partial charge in [0.05, 0.1) is 4.83 Å². The second-order valence-corrected chi connectivity index (χ2v) is 7.02. The number of benzene rings is 2. The Labute approximate surface area is 138 Å². The molecule has 0 spiro atoms. The molecule has 0 bridgehead atoms. The average molecular weight is 370 g/mol. The maximum absolute atomic E-state index is 6.30. The molecule has 1 aliphatic carbocycles. The molecule has 0 heterocycles. The van der Waals surface area contributed by atoms with Gasteiger partial charge in [0.15, 0.2) is 0 Å². The molecule has 1 atom stereocenters. The maximum atomic E-state index is 6.30. The van der Waals surface area contributed by atoms with Crippen LogP contribution in [-0.2, 0) is 12.8 Å². The molecule has 0 aromatic heterocycles. The lowest BCUT2D eigenvalue weighted by Crippen LogP contribution is -2.04. The topological polar surface area (TPSA) is 0 Å². The molecule has 0 nitrogen and oxygen atoms in total.